The fraction of sp³-hybridized carbons (Fsp3) is 0.471. The maximum Gasteiger partial charge on any atom is 0.330 e. The van der Waals surface area contributed by atoms with Crippen LogP contribution < -0.4 is 0 Å². The van der Waals surface area contributed by atoms with Crippen molar-refractivity contribution in [1.29, 1.82) is 0 Å². The quantitative estimate of drug-likeness (QED) is 0.401. The standard InChI is InChI=1S/C7H12O2.2C5H8O2/c1-3-5-6-9-7(8)4-2;2*1-3-4(2)5(6)7/h4H,2-3,5-6H2,1H3;2*2-3H2,1H3,(H,6,7). The lowest BCUT2D eigenvalue weighted by Gasteiger charge is -1.97. The Balaban J connectivity index is -0.000000264. The summed E-state index contributed by atoms with van der Waals surface area (Å²) in [6, 6.07) is 0. The Labute approximate surface area is 138 Å². The van der Waals surface area contributed by atoms with Crippen LogP contribution in [0.4, 0.5) is 0 Å². The maximum absolute atomic E-state index is 10.3. The average Bonchev–Trinajstić information content (AvgIpc) is 2.54. The van der Waals surface area contributed by atoms with Crippen LogP contribution in [0, 0.1) is 0 Å². The van der Waals surface area contributed by atoms with Crippen molar-refractivity contribution >= 4 is 17.9 Å². The van der Waals surface area contributed by atoms with Gasteiger partial charge in [-0.3, -0.25) is 0 Å². The molecule has 0 amide bonds. The van der Waals surface area contributed by atoms with Crippen molar-refractivity contribution in [3.05, 3.63) is 37.0 Å². The molecule has 0 heterocycles. The Morgan fingerprint density at radius 1 is 0.957 bits per heavy atom. The lowest BCUT2D eigenvalue weighted by molar-refractivity contribution is -0.138. The number of carboxylic acid groups (broad SMARTS) is 2. The van der Waals surface area contributed by atoms with E-state index >= 15 is 0 Å². The predicted octanol–water partition coefficient (Wildman–Crippen LogP) is 3.59. The van der Waals surface area contributed by atoms with Crippen LogP contribution in [0.2, 0.25) is 0 Å². The van der Waals surface area contributed by atoms with Gasteiger partial charge in [-0.05, 0) is 19.3 Å². The van der Waals surface area contributed by atoms with Gasteiger partial charge in [-0.25, -0.2) is 14.4 Å². The van der Waals surface area contributed by atoms with Gasteiger partial charge in [0, 0.05) is 17.2 Å². The van der Waals surface area contributed by atoms with Gasteiger partial charge in [0.25, 0.3) is 0 Å². The molecule has 0 radical (unpaired) electrons. The summed E-state index contributed by atoms with van der Waals surface area (Å²) in [5, 5.41) is 16.2. The van der Waals surface area contributed by atoms with E-state index in [9.17, 15) is 14.4 Å². The smallest absolute Gasteiger partial charge is 0.330 e. The van der Waals surface area contributed by atoms with Crippen molar-refractivity contribution in [3.8, 4) is 0 Å². The zero-order chi connectivity index (χ0) is 18.8. The summed E-state index contributed by atoms with van der Waals surface area (Å²) in [5.74, 6) is -2.13. The molecule has 0 bridgehead atoms. The van der Waals surface area contributed by atoms with E-state index in [-0.39, 0.29) is 17.1 Å². The van der Waals surface area contributed by atoms with E-state index in [4.69, 9.17) is 10.2 Å². The second-order valence-electron chi connectivity index (χ2n) is 4.25. The molecule has 0 aliphatic heterocycles. The van der Waals surface area contributed by atoms with Crippen LogP contribution in [0.25, 0.3) is 0 Å². The number of carbonyl (C=O) groups is 3. The van der Waals surface area contributed by atoms with Gasteiger partial charge in [-0.2, -0.15) is 0 Å². The van der Waals surface area contributed by atoms with E-state index in [1.54, 1.807) is 13.8 Å². The van der Waals surface area contributed by atoms with Crippen molar-refractivity contribution in [2.75, 3.05) is 6.61 Å². The topological polar surface area (TPSA) is 101 Å². The number of esters is 1. The van der Waals surface area contributed by atoms with E-state index in [1.807, 2.05) is 6.92 Å². The zero-order valence-corrected chi connectivity index (χ0v) is 14.3. The predicted molar refractivity (Wildman–Crippen MR) is 90.2 cm³/mol. The summed E-state index contributed by atoms with van der Waals surface area (Å²) in [6.45, 7) is 15.9. The Hall–Kier alpha value is -2.37. The molecule has 132 valence electrons. The van der Waals surface area contributed by atoms with E-state index in [0.29, 0.717) is 19.4 Å². The normalized spacial score (nSPS) is 8.30. The molecule has 0 saturated heterocycles. The summed E-state index contributed by atoms with van der Waals surface area (Å²) in [6.07, 6.45) is 4.20. The number of hydrogen-bond donors (Lipinski definition) is 2. The van der Waals surface area contributed by atoms with Gasteiger partial charge in [0.2, 0.25) is 0 Å². The molecule has 23 heavy (non-hydrogen) atoms. The first-order valence-corrected chi connectivity index (χ1v) is 7.28. The number of unbranched alkanes of at least 4 members (excludes halogenated alkanes) is 1. The molecule has 0 saturated carbocycles. The lowest BCUT2D eigenvalue weighted by atomic mass is 10.2. The molecule has 0 spiro atoms. The van der Waals surface area contributed by atoms with E-state index < -0.39 is 11.9 Å². The van der Waals surface area contributed by atoms with Crippen LogP contribution in [0.15, 0.2) is 37.0 Å². The molecule has 0 aromatic heterocycles. The summed E-state index contributed by atoms with van der Waals surface area (Å²) >= 11 is 0. The largest absolute Gasteiger partial charge is 0.478 e. The van der Waals surface area contributed by atoms with Gasteiger partial charge in [0.1, 0.15) is 0 Å². The number of hydrogen-bond acceptors (Lipinski definition) is 4. The SMILES string of the molecule is C=C(CC)C(=O)O.C=C(CC)C(=O)O.C=CC(=O)OCCCC. The first-order valence-electron chi connectivity index (χ1n) is 7.28. The third kappa shape index (κ3) is 22.1. The van der Waals surface area contributed by atoms with E-state index in [0.717, 1.165) is 12.8 Å². The molecule has 6 nitrogen and oxygen atoms in total. The molecule has 0 unspecified atom stereocenters. The summed E-state index contributed by atoms with van der Waals surface area (Å²) in [5.41, 5.74) is 0.528. The fourth-order valence-corrected chi connectivity index (χ4v) is 0.678. The summed E-state index contributed by atoms with van der Waals surface area (Å²) < 4.78 is 4.67. The molecule has 0 rings (SSSR count). The number of ether oxygens (including phenoxy) is 1. The highest BCUT2D eigenvalue weighted by Gasteiger charge is 1.97. The molecule has 2 N–H and O–H groups in total. The molecule has 0 aromatic rings. The summed E-state index contributed by atoms with van der Waals surface area (Å²) in [4.78, 5) is 30.0. The third-order valence-corrected chi connectivity index (χ3v) is 2.37. The minimum Gasteiger partial charge on any atom is -0.478 e. The monoisotopic (exact) mass is 328 g/mol. The molecular weight excluding hydrogens is 300 g/mol. The molecule has 0 aliphatic rings. The van der Waals surface area contributed by atoms with Gasteiger partial charge < -0.3 is 14.9 Å². The minimum absolute atomic E-state index is 0.264. The number of rotatable bonds is 8. The molecule has 0 aromatic carbocycles. The average molecular weight is 328 g/mol. The molecular formula is C17H28O6. The van der Waals surface area contributed by atoms with E-state index in [1.165, 1.54) is 6.08 Å². The minimum atomic E-state index is -0.900. The highest BCUT2D eigenvalue weighted by atomic mass is 16.5. The van der Waals surface area contributed by atoms with Gasteiger partial charge in [0.05, 0.1) is 6.61 Å². The van der Waals surface area contributed by atoms with Gasteiger partial charge in [-0.15, -0.1) is 0 Å². The van der Waals surface area contributed by atoms with Crippen molar-refractivity contribution in [1.82, 2.24) is 0 Å². The number of carboxylic acids is 2. The Morgan fingerprint density at radius 3 is 1.52 bits per heavy atom. The van der Waals surface area contributed by atoms with Crippen LogP contribution >= 0.6 is 0 Å². The maximum atomic E-state index is 10.3. The Bertz CT molecular complexity index is 383. The Morgan fingerprint density at radius 2 is 1.35 bits per heavy atom. The van der Waals surface area contributed by atoms with Crippen LogP contribution in [0.1, 0.15) is 46.5 Å². The highest BCUT2D eigenvalue weighted by molar-refractivity contribution is 5.85. The third-order valence-electron chi connectivity index (χ3n) is 2.37. The zero-order valence-electron chi connectivity index (χ0n) is 14.3. The number of aliphatic carboxylic acids is 2. The van der Waals surface area contributed by atoms with Crippen LogP contribution in [-0.4, -0.2) is 34.7 Å². The summed E-state index contributed by atoms with van der Waals surface area (Å²) in [7, 11) is 0. The van der Waals surface area contributed by atoms with Crippen LogP contribution in [0.3, 0.4) is 0 Å². The lowest BCUT2D eigenvalue weighted by Crippen LogP contribution is -2.00. The first-order chi connectivity index (χ1) is 10.7. The van der Waals surface area contributed by atoms with Crippen molar-refractivity contribution in [2.24, 2.45) is 0 Å². The second kappa shape index (κ2) is 17.7. The fourth-order valence-electron chi connectivity index (χ4n) is 0.678. The second-order valence-corrected chi connectivity index (χ2v) is 4.25. The van der Waals surface area contributed by atoms with Crippen molar-refractivity contribution in [3.63, 3.8) is 0 Å². The molecule has 6 heteroatoms. The molecule has 0 fully saturated rings. The molecule has 0 aliphatic carbocycles. The van der Waals surface area contributed by atoms with Crippen molar-refractivity contribution in [2.45, 2.75) is 46.5 Å². The Kier molecular flexibility index (Phi) is 19.7. The number of carbonyl (C=O) groups excluding carboxylic acids is 1. The van der Waals surface area contributed by atoms with Crippen LogP contribution in [0.5, 0.6) is 0 Å². The molecule has 0 atom stereocenters. The van der Waals surface area contributed by atoms with Crippen LogP contribution in [-0.2, 0) is 19.1 Å². The van der Waals surface area contributed by atoms with Gasteiger partial charge >= 0.3 is 17.9 Å². The first kappa shape index (κ1) is 25.6. The van der Waals surface area contributed by atoms with Crippen molar-refractivity contribution < 1.29 is 29.3 Å². The van der Waals surface area contributed by atoms with Gasteiger partial charge in [-0.1, -0.05) is 46.9 Å². The highest BCUT2D eigenvalue weighted by Crippen LogP contribution is 1.93. The van der Waals surface area contributed by atoms with Gasteiger partial charge in [0.15, 0.2) is 0 Å². The van der Waals surface area contributed by atoms with E-state index in [2.05, 4.69) is 24.5 Å².